The molecule has 2 rings (SSSR count). The predicted octanol–water partition coefficient (Wildman–Crippen LogP) is 4.41. The van der Waals surface area contributed by atoms with Crippen LogP contribution >= 0.6 is 12.2 Å². The van der Waals surface area contributed by atoms with E-state index in [-0.39, 0.29) is 11.0 Å². The molecule has 0 saturated heterocycles. The predicted molar refractivity (Wildman–Crippen MR) is 120 cm³/mol. The Morgan fingerprint density at radius 2 is 1.79 bits per heavy atom. The number of anilines is 1. The van der Waals surface area contributed by atoms with Crippen LogP contribution in [-0.2, 0) is 4.79 Å². The van der Waals surface area contributed by atoms with Crippen LogP contribution in [0.2, 0.25) is 0 Å². The van der Waals surface area contributed by atoms with Crippen LogP contribution in [0, 0.1) is 0 Å². The number of ether oxygens (including phenoxy) is 3. The Bertz CT molecular complexity index is 850. The fourth-order valence-corrected chi connectivity index (χ4v) is 2.63. The molecule has 0 aliphatic rings. The quantitative estimate of drug-likeness (QED) is 0.360. The van der Waals surface area contributed by atoms with E-state index < -0.39 is 0 Å². The smallest absolute Gasteiger partial charge is 0.250 e. The highest BCUT2D eigenvalue weighted by atomic mass is 32.1. The number of unbranched alkanes of at least 4 members (excludes halogenated alkanes) is 1. The summed E-state index contributed by atoms with van der Waals surface area (Å²) >= 11 is 5.19. The van der Waals surface area contributed by atoms with Crippen molar-refractivity contribution < 1.29 is 19.0 Å². The van der Waals surface area contributed by atoms with Gasteiger partial charge in [-0.1, -0.05) is 19.4 Å². The summed E-state index contributed by atoms with van der Waals surface area (Å²) in [5, 5.41) is 5.80. The number of thiocarbonyl (C=S) groups is 1. The highest BCUT2D eigenvalue weighted by Gasteiger charge is 2.05. The van der Waals surface area contributed by atoms with Crippen molar-refractivity contribution in [3.63, 3.8) is 0 Å². The van der Waals surface area contributed by atoms with Gasteiger partial charge in [-0.2, -0.15) is 0 Å². The summed E-state index contributed by atoms with van der Waals surface area (Å²) in [6, 6.07) is 12.8. The molecule has 0 saturated carbocycles. The average Bonchev–Trinajstić information content (AvgIpc) is 2.73. The zero-order valence-corrected chi connectivity index (χ0v) is 17.7. The van der Waals surface area contributed by atoms with Gasteiger partial charge in [-0.25, -0.2) is 0 Å². The second-order valence-electron chi connectivity index (χ2n) is 6.12. The third-order valence-corrected chi connectivity index (χ3v) is 4.15. The largest absolute Gasteiger partial charge is 0.494 e. The second kappa shape index (κ2) is 11.7. The number of amides is 1. The van der Waals surface area contributed by atoms with Crippen molar-refractivity contribution in [2.24, 2.45) is 0 Å². The summed E-state index contributed by atoms with van der Waals surface area (Å²) < 4.78 is 16.1. The molecule has 2 N–H and O–H groups in total. The van der Waals surface area contributed by atoms with E-state index in [0.29, 0.717) is 18.1 Å². The van der Waals surface area contributed by atoms with Crippen molar-refractivity contribution in [3.05, 3.63) is 54.1 Å². The third-order valence-electron chi connectivity index (χ3n) is 3.95. The maximum Gasteiger partial charge on any atom is 0.250 e. The van der Waals surface area contributed by atoms with Crippen LogP contribution in [0.25, 0.3) is 6.08 Å². The summed E-state index contributed by atoms with van der Waals surface area (Å²) in [6.07, 6.45) is 5.18. The molecule has 7 heteroatoms. The lowest BCUT2D eigenvalue weighted by Crippen LogP contribution is -2.32. The van der Waals surface area contributed by atoms with Gasteiger partial charge in [0.1, 0.15) is 5.75 Å². The third kappa shape index (κ3) is 7.46. The summed E-state index contributed by atoms with van der Waals surface area (Å²) in [5.41, 5.74) is 1.57. The molecule has 0 bridgehead atoms. The van der Waals surface area contributed by atoms with E-state index in [1.54, 1.807) is 32.4 Å². The number of carbonyl (C=O) groups is 1. The topological polar surface area (TPSA) is 68.8 Å². The lowest BCUT2D eigenvalue weighted by molar-refractivity contribution is -0.115. The van der Waals surface area contributed by atoms with Crippen LogP contribution in [0.5, 0.6) is 17.2 Å². The van der Waals surface area contributed by atoms with Gasteiger partial charge >= 0.3 is 0 Å². The normalized spacial score (nSPS) is 10.4. The maximum atomic E-state index is 12.1. The molecule has 154 valence electrons. The molecule has 0 unspecified atom stereocenters. The summed E-state index contributed by atoms with van der Waals surface area (Å²) in [6.45, 7) is 2.82. The van der Waals surface area contributed by atoms with Gasteiger partial charge in [-0.3, -0.25) is 10.1 Å². The first-order chi connectivity index (χ1) is 14.0. The summed E-state index contributed by atoms with van der Waals surface area (Å²) in [7, 11) is 3.13. The van der Waals surface area contributed by atoms with E-state index in [4.69, 9.17) is 26.4 Å². The van der Waals surface area contributed by atoms with Gasteiger partial charge in [0.15, 0.2) is 16.6 Å². The van der Waals surface area contributed by atoms with Gasteiger partial charge in [0.2, 0.25) is 5.91 Å². The Morgan fingerprint density at radius 1 is 1.07 bits per heavy atom. The lowest BCUT2D eigenvalue weighted by Gasteiger charge is -2.10. The van der Waals surface area contributed by atoms with Crippen molar-refractivity contribution in [1.82, 2.24) is 5.32 Å². The number of methoxy groups -OCH3 is 2. The highest BCUT2D eigenvalue weighted by molar-refractivity contribution is 7.80. The van der Waals surface area contributed by atoms with Crippen LogP contribution in [0.3, 0.4) is 0 Å². The lowest BCUT2D eigenvalue weighted by atomic mass is 10.2. The molecular weight excluding hydrogens is 388 g/mol. The molecule has 2 aromatic carbocycles. The minimum Gasteiger partial charge on any atom is -0.494 e. The molecule has 0 fully saturated rings. The zero-order chi connectivity index (χ0) is 21.1. The van der Waals surface area contributed by atoms with E-state index in [1.807, 2.05) is 30.3 Å². The molecule has 0 radical (unpaired) electrons. The molecule has 6 nitrogen and oxygen atoms in total. The van der Waals surface area contributed by atoms with E-state index >= 15 is 0 Å². The Kier molecular flexibility index (Phi) is 8.98. The van der Waals surface area contributed by atoms with Crippen LogP contribution in [0.15, 0.2) is 48.5 Å². The summed E-state index contributed by atoms with van der Waals surface area (Å²) in [5.74, 6) is 1.68. The van der Waals surface area contributed by atoms with E-state index in [0.717, 1.165) is 29.8 Å². The SMILES string of the molecule is CCCCOc1ccc(NC(=S)NC(=O)C=Cc2ccc(OC)c(OC)c2)cc1. The Balaban J connectivity index is 1.85. The first-order valence-corrected chi connectivity index (χ1v) is 9.71. The minimum atomic E-state index is -0.336. The highest BCUT2D eigenvalue weighted by Crippen LogP contribution is 2.27. The van der Waals surface area contributed by atoms with Crippen LogP contribution in [0.1, 0.15) is 25.3 Å². The first-order valence-electron chi connectivity index (χ1n) is 9.30. The van der Waals surface area contributed by atoms with E-state index in [9.17, 15) is 4.79 Å². The van der Waals surface area contributed by atoms with Gasteiger partial charge in [-0.05, 0) is 66.7 Å². The summed E-state index contributed by atoms with van der Waals surface area (Å²) in [4.78, 5) is 12.1. The molecular formula is C22H26N2O4S. The number of nitrogens with one attached hydrogen (secondary N) is 2. The number of rotatable bonds is 9. The van der Waals surface area contributed by atoms with Gasteiger partial charge in [0.05, 0.1) is 20.8 Å². The van der Waals surface area contributed by atoms with E-state index in [1.165, 1.54) is 6.08 Å². The molecule has 0 atom stereocenters. The average molecular weight is 415 g/mol. The van der Waals surface area contributed by atoms with E-state index in [2.05, 4.69) is 17.6 Å². The van der Waals surface area contributed by atoms with Gasteiger partial charge in [-0.15, -0.1) is 0 Å². The van der Waals surface area contributed by atoms with Gasteiger partial charge in [0.25, 0.3) is 0 Å². The standard InChI is InChI=1S/C22H26N2O4S/c1-4-5-14-28-18-10-8-17(9-11-18)23-22(29)24-21(25)13-7-16-6-12-19(26-2)20(15-16)27-3/h6-13,15H,4-5,14H2,1-3H3,(H2,23,24,25,29). The number of carbonyl (C=O) groups excluding carboxylic acids is 1. The number of hydrogen-bond acceptors (Lipinski definition) is 5. The number of benzene rings is 2. The Morgan fingerprint density at radius 3 is 2.45 bits per heavy atom. The number of hydrogen-bond donors (Lipinski definition) is 2. The Hall–Kier alpha value is -3.06. The second-order valence-corrected chi connectivity index (χ2v) is 6.53. The molecule has 0 aliphatic heterocycles. The van der Waals surface area contributed by atoms with Crippen molar-refractivity contribution in [1.29, 1.82) is 0 Å². The monoisotopic (exact) mass is 414 g/mol. The molecule has 0 heterocycles. The van der Waals surface area contributed by atoms with Crippen molar-refractivity contribution in [2.45, 2.75) is 19.8 Å². The first kappa shape index (κ1) is 22.2. The Labute approximate surface area is 176 Å². The molecule has 2 aromatic rings. The minimum absolute atomic E-state index is 0.214. The fraction of sp³-hybridized carbons (Fsp3) is 0.273. The molecule has 0 aliphatic carbocycles. The van der Waals surface area contributed by atoms with Crippen molar-refractivity contribution in [2.75, 3.05) is 26.1 Å². The van der Waals surface area contributed by atoms with Crippen molar-refractivity contribution in [3.8, 4) is 17.2 Å². The fourth-order valence-electron chi connectivity index (χ4n) is 2.41. The molecule has 1 amide bonds. The van der Waals surface area contributed by atoms with Gasteiger partial charge < -0.3 is 19.5 Å². The van der Waals surface area contributed by atoms with Crippen molar-refractivity contribution >= 4 is 35.0 Å². The molecule has 29 heavy (non-hydrogen) atoms. The maximum absolute atomic E-state index is 12.1. The van der Waals surface area contributed by atoms with Crippen LogP contribution in [-0.4, -0.2) is 31.8 Å². The van der Waals surface area contributed by atoms with Crippen LogP contribution in [0.4, 0.5) is 5.69 Å². The molecule has 0 spiro atoms. The van der Waals surface area contributed by atoms with Gasteiger partial charge in [0, 0.05) is 11.8 Å². The zero-order valence-electron chi connectivity index (χ0n) is 16.9. The van der Waals surface area contributed by atoms with Crippen LogP contribution < -0.4 is 24.8 Å². The molecule has 0 aromatic heterocycles.